The summed E-state index contributed by atoms with van der Waals surface area (Å²) in [6.45, 7) is 4.15. The summed E-state index contributed by atoms with van der Waals surface area (Å²) >= 11 is 1.78. The Kier molecular flexibility index (Phi) is 4.80. The number of nitrogens with one attached hydrogen (secondary N) is 1. The maximum atomic E-state index is 11.5. The van der Waals surface area contributed by atoms with E-state index in [-0.39, 0.29) is 11.7 Å². The Labute approximate surface area is 128 Å². The first kappa shape index (κ1) is 15.3. The van der Waals surface area contributed by atoms with E-state index in [1.54, 1.807) is 23.5 Å². The van der Waals surface area contributed by atoms with Gasteiger partial charge in [-0.25, -0.2) is 9.78 Å². The van der Waals surface area contributed by atoms with Crippen molar-refractivity contribution < 1.29 is 9.53 Å². The number of nitrogen functional groups attached to an aromatic ring is 1. The van der Waals surface area contributed by atoms with Crippen molar-refractivity contribution in [2.75, 3.05) is 18.2 Å². The smallest absolute Gasteiger partial charge is 0.356 e. The van der Waals surface area contributed by atoms with E-state index in [9.17, 15) is 4.79 Å². The molecular weight excluding hydrogens is 286 g/mol. The first-order valence-electron chi connectivity index (χ1n) is 6.66. The lowest BCUT2D eigenvalue weighted by atomic mass is 10.2. The molecule has 2 aromatic rings. The number of hydrogen-bond donors (Lipinski definition) is 2. The molecule has 0 aromatic carbocycles. The molecule has 5 nitrogen and oxygen atoms in total. The quantitative estimate of drug-likeness (QED) is 0.831. The number of thiophene rings is 1. The van der Waals surface area contributed by atoms with Gasteiger partial charge in [-0.1, -0.05) is 0 Å². The van der Waals surface area contributed by atoms with Gasteiger partial charge < -0.3 is 15.8 Å². The molecule has 6 heteroatoms. The zero-order chi connectivity index (χ0) is 15.4. The van der Waals surface area contributed by atoms with E-state index in [2.05, 4.69) is 41.0 Å². The molecule has 0 fully saturated rings. The molecule has 0 aliphatic rings. The Morgan fingerprint density at radius 2 is 2.19 bits per heavy atom. The fraction of sp³-hybridized carbons (Fsp3) is 0.333. The Balaban J connectivity index is 2.09. The number of aromatic nitrogens is 1. The SMILES string of the molecule is COC(=O)c1ccc(N)c(NC(C)Cc2ccc(C)s2)n1. The van der Waals surface area contributed by atoms with Crippen LogP contribution in [-0.4, -0.2) is 24.1 Å². The maximum absolute atomic E-state index is 11.5. The molecule has 21 heavy (non-hydrogen) atoms. The molecule has 2 heterocycles. The van der Waals surface area contributed by atoms with Crippen LogP contribution < -0.4 is 11.1 Å². The Morgan fingerprint density at radius 1 is 1.43 bits per heavy atom. The number of esters is 1. The number of hydrogen-bond acceptors (Lipinski definition) is 6. The van der Waals surface area contributed by atoms with Gasteiger partial charge >= 0.3 is 5.97 Å². The first-order valence-corrected chi connectivity index (χ1v) is 7.48. The summed E-state index contributed by atoms with van der Waals surface area (Å²) in [5.41, 5.74) is 6.66. The van der Waals surface area contributed by atoms with Crippen LogP contribution in [-0.2, 0) is 11.2 Å². The fourth-order valence-corrected chi connectivity index (χ4v) is 3.00. The normalized spacial score (nSPS) is 12.0. The minimum Gasteiger partial charge on any atom is -0.464 e. The average molecular weight is 305 g/mol. The summed E-state index contributed by atoms with van der Waals surface area (Å²) < 4.78 is 4.67. The average Bonchev–Trinajstić information content (AvgIpc) is 2.85. The Morgan fingerprint density at radius 3 is 2.81 bits per heavy atom. The van der Waals surface area contributed by atoms with Gasteiger partial charge in [0.25, 0.3) is 0 Å². The minimum atomic E-state index is -0.473. The number of methoxy groups -OCH3 is 1. The third kappa shape index (κ3) is 3.95. The van der Waals surface area contributed by atoms with Crippen LogP contribution in [0.4, 0.5) is 11.5 Å². The van der Waals surface area contributed by atoms with Gasteiger partial charge in [0.1, 0.15) is 5.82 Å². The van der Waals surface area contributed by atoms with Crippen LogP contribution in [0.2, 0.25) is 0 Å². The zero-order valence-electron chi connectivity index (χ0n) is 12.3. The highest BCUT2D eigenvalue weighted by atomic mass is 32.1. The second kappa shape index (κ2) is 6.58. The van der Waals surface area contributed by atoms with Gasteiger partial charge in [-0.2, -0.15) is 0 Å². The maximum Gasteiger partial charge on any atom is 0.356 e. The van der Waals surface area contributed by atoms with Gasteiger partial charge in [0, 0.05) is 22.2 Å². The molecular formula is C15H19N3O2S. The molecule has 3 N–H and O–H groups in total. The second-order valence-corrected chi connectivity index (χ2v) is 6.26. The Bertz CT molecular complexity index is 640. The van der Waals surface area contributed by atoms with Crippen molar-refractivity contribution in [3.63, 3.8) is 0 Å². The van der Waals surface area contributed by atoms with Crippen LogP contribution >= 0.6 is 11.3 Å². The van der Waals surface area contributed by atoms with Crippen LogP contribution in [0.1, 0.15) is 27.2 Å². The van der Waals surface area contributed by atoms with Gasteiger partial charge in [0.05, 0.1) is 12.8 Å². The molecule has 0 aliphatic heterocycles. The number of anilines is 2. The molecule has 0 bridgehead atoms. The summed E-state index contributed by atoms with van der Waals surface area (Å²) in [7, 11) is 1.33. The number of nitrogens with zero attached hydrogens (tertiary/aromatic N) is 1. The van der Waals surface area contributed by atoms with Gasteiger partial charge in [0.15, 0.2) is 5.69 Å². The van der Waals surface area contributed by atoms with Crippen LogP contribution in [0.15, 0.2) is 24.3 Å². The number of pyridine rings is 1. The lowest BCUT2D eigenvalue weighted by Gasteiger charge is -2.15. The van der Waals surface area contributed by atoms with E-state index in [4.69, 9.17) is 5.73 Å². The van der Waals surface area contributed by atoms with E-state index in [1.807, 2.05) is 0 Å². The second-order valence-electron chi connectivity index (χ2n) is 4.89. The van der Waals surface area contributed by atoms with Crippen molar-refractivity contribution in [3.8, 4) is 0 Å². The number of carbonyl (C=O) groups is 1. The number of nitrogens with two attached hydrogens (primary N) is 1. The number of aryl methyl sites for hydroxylation is 1. The molecule has 2 aromatic heterocycles. The predicted octanol–water partition coefficient (Wildman–Crippen LogP) is 2.86. The third-order valence-electron chi connectivity index (χ3n) is 3.01. The van der Waals surface area contributed by atoms with E-state index in [1.165, 1.54) is 16.9 Å². The van der Waals surface area contributed by atoms with Gasteiger partial charge in [-0.05, 0) is 38.1 Å². The van der Waals surface area contributed by atoms with Crippen LogP contribution in [0.25, 0.3) is 0 Å². The van der Waals surface area contributed by atoms with E-state index in [0.717, 1.165) is 6.42 Å². The molecule has 0 radical (unpaired) electrons. The molecule has 0 saturated heterocycles. The fourth-order valence-electron chi connectivity index (χ4n) is 1.98. The van der Waals surface area contributed by atoms with Crippen molar-refractivity contribution in [2.24, 2.45) is 0 Å². The lowest BCUT2D eigenvalue weighted by Crippen LogP contribution is -2.20. The molecule has 0 amide bonds. The summed E-state index contributed by atoms with van der Waals surface area (Å²) in [5.74, 6) is 0.0401. The molecule has 0 spiro atoms. The van der Waals surface area contributed by atoms with Crippen molar-refractivity contribution in [1.82, 2.24) is 4.98 Å². The molecule has 0 aliphatic carbocycles. The number of carbonyl (C=O) groups excluding carboxylic acids is 1. The molecule has 112 valence electrons. The van der Waals surface area contributed by atoms with Crippen LogP contribution in [0.5, 0.6) is 0 Å². The summed E-state index contributed by atoms with van der Waals surface area (Å²) in [4.78, 5) is 18.3. The lowest BCUT2D eigenvalue weighted by molar-refractivity contribution is 0.0594. The summed E-state index contributed by atoms with van der Waals surface area (Å²) in [6, 6.07) is 7.60. The van der Waals surface area contributed by atoms with E-state index < -0.39 is 5.97 Å². The monoisotopic (exact) mass is 305 g/mol. The standard InChI is InChI=1S/C15H19N3O2S/c1-9(8-11-5-4-10(2)21-11)17-14-12(16)6-7-13(18-14)15(19)20-3/h4-7,9H,8,16H2,1-3H3,(H,17,18). The molecule has 1 atom stereocenters. The van der Waals surface area contributed by atoms with Crippen LogP contribution in [0, 0.1) is 6.92 Å². The topological polar surface area (TPSA) is 77.2 Å². The molecule has 2 rings (SSSR count). The zero-order valence-corrected chi connectivity index (χ0v) is 13.2. The molecule has 1 unspecified atom stereocenters. The first-order chi connectivity index (χ1) is 9.99. The molecule has 0 saturated carbocycles. The minimum absolute atomic E-state index is 0.158. The van der Waals surface area contributed by atoms with Gasteiger partial charge in [-0.15, -0.1) is 11.3 Å². The van der Waals surface area contributed by atoms with E-state index in [0.29, 0.717) is 11.5 Å². The van der Waals surface area contributed by atoms with Crippen molar-refractivity contribution in [1.29, 1.82) is 0 Å². The third-order valence-corrected chi connectivity index (χ3v) is 4.03. The highest BCUT2D eigenvalue weighted by Crippen LogP contribution is 2.21. The number of rotatable bonds is 5. The van der Waals surface area contributed by atoms with Crippen molar-refractivity contribution in [3.05, 3.63) is 39.7 Å². The summed E-state index contributed by atoms with van der Waals surface area (Å²) in [6.07, 6.45) is 0.877. The van der Waals surface area contributed by atoms with E-state index >= 15 is 0 Å². The highest BCUT2D eigenvalue weighted by Gasteiger charge is 2.13. The van der Waals surface area contributed by atoms with Crippen molar-refractivity contribution >= 4 is 28.8 Å². The number of ether oxygens (including phenoxy) is 1. The highest BCUT2D eigenvalue weighted by molar-refractivity contribution is 7.11. The largest absolute Gasteiger partial charge is 0.464 e. The summed E-state index contributed by atoms with van der Waals surface area (Å²) in [5, 5.41) is 3.25. The van der Waals surface area contributed by atoms with Crippen LogP contribution in [0.3, 0.4) is 0 Å². The predicted molar refractivity (Wildman–Crippen MR) is 85.8 cm³/mol. The van der Waals surface area contributed by atoms with Gasteiger partial charge in [0.2, 0.25) is 0 Å². The van der Waals surface area contributed by atoms with Crippen molar-refractivity contribution in [2.45, 2.75) is 26.3 Å². The Hall–Kier alpha value is -2.08. The van der Waals surface area contributed by atoms with Gasteiger partial charge in [-0.3, -0.25) is 0 Å².